The Bertz CT molecular complexity index is 510. The van der Waals surface area contributed by atoms with Crippen LogP contribution in [0.2, 0.25) is 0 Å². The number of nitrogens with two attached hydrogens (primary N) is 1. The maximum absolute atomic E-state index is 13.1. The highest BCUT2D eigenvalue weighted by Crippen LogP contribution is 2.12. The lowest BCUT2D eigenvalue weighted by molar-refractivity contribution is 0.618. The first-order chi connectivity index (χ1) is 7.66. The topological polar surface area (TPSA) is 56.7 Å². The van der Waals surface area contributed by atoms with Crippen molar-refractivity contribution in [3.63, 3.8) is 0 Å². The van der Waals surface area contributed by atoms with Crippen LogP contribution < -0.4 is 5.73 Å². The van der Waals surface area contributed by atoms with Crippen molar-refractivity contribution in [3.8, 4) is 0 Å². The van der Waals surface area contributed by atoms with E-state index in [2.05, 4.69) is 10.1 Å². The molecule has 0 bridgehead atoms. The maximum Gasteiger partial charge on any atom is 0.137 e. The lowest BCUT2D eigenvalue weighted by Crippen LogP contribution is -2.14. The summed E-state index contributed by atoms with van der Waals surface area (Å²) in [6.07, 6.45) is 2.97. The van der Waals surface area contributed by atoms with Gasteiger partial charge in [0.05, 0.1) is 6.54 Å². The van der Waals surface area contributed by atoms with Crippen LogP contribution in [0.1, 0.15) is 11.1 Å². The van der Waals surface area contributed by atoms with Crippen LogP contribution in [0.4, 0.5) is 4.39 Å². The first kappa shape index (κ1) is 10.7. The molecule has 0 fully saturated rings. The fourth-order valence-electron chi connectivity index (χ4n) is 1.42. The van der Waals surface area contributed by atoms with Gasteiger partial charge in [-0.2, -0.15) is 5.10 Å². The van der Waals surface area contributed by atoms with Crippen molar-refractivity contribution in [2.75, 3.05) is 0 Å². The minimum atomic E-state index is -0.324. The van der Waals surface area contributed by atoms with E-state index in [0.29, 0.717) is 17.7 Å². The van der Waals surface area contributed by atoms with Gasteiger partial charge in [-0.05, 0) is 23.8 Å². The van der Waals surface area contributed by atoms with E-state index in [1.54, 1.807) is 17.1 Å². The molecule has 6 heteroatoms. The van der Waals surface area contributed by atoms with E-state index in [9.17, 15) is 4.39 Å². The number of hydrogen-bond acceptors (Lipinski definition) is 3. The number of hydrogen-bond donors (Lipinski definition) is 1. The van der Waals surface area contributed by atoms with Crippen LogP contribution in [0.5, 0.6) is 0 Å². The second kappa shape index (κ2) is 4.36. The number of rotatable bonds is 3. The number of benzene rings is 1. The Hall–Kier alpha value is -1.82. The molecular weight excluding hydrogens is 227 g/mol. The molecule has 0 aliphatic heterocycles. The summed E-state index contributed by atoms with van der Waals surface area (Å²) in [5.74, 6) is -0.324. The summed E-state index contributed by atoms with van der Waals surface area (Å²) in [4.78, 5) is 4.05. The average Bonchev–Trinajstić information content (AvgIpc) is 2.70. The SMILES string of the molecule is NC(=S)c1ccc(F)cc1Cn1cncn1. The standard InChI is InChI=1S/C10H9FN4S/c11-8-1-2-9(10(12)16)7(3-8)4-15-6-13-5-14-15/h1-3,5-6H,4H2,(H2,12,16). The molecule has 0 saturated heterocycles. The number of nitrogens with zero attached hydrogens (tertiary/aromatic N) is 3. The molecule has 0 atom stereocenters. The molecule has 0 amide bonds. The summed E-state index contributed by atoms with van der Waals surface area (Å²) in [6.45, 7) is 0.393. The van der Waals surface area contributed by atoms with E-state index in [-0.39, 0.29) is 10.8 Å². The fraction of sp³-hybridized carbons (Fsp3) is 0.100. The molecule has 2 aromatic rings. The van der Waals surface area contributed by atoms with Crippen molar-refractivity contribution in [1.82, 2.24) is 14.8 Å². The summed E-state index contributed by atoms with van der Waals surface area (Å²) in [5, 5.41) is 3.94. The van der Waals surface area contributed by atoms with E-state index >= 15 is 0 Å². The summed E-state index contributed by atoms with van der Waals surface area (Å²) >= 11 is 4.90. The summed E-state index contributed by atoms with van der Waals surface area (Å²) in [5.41, 5.74) is 6.91. The van der Waals surface area contributed by atoms with Gasteiger partial charge in [0.25, 0.3) is 0 Å². The Morgan fingerprint density at radius 3 is 2.94 bits per heavy atom. The summed E-state index contributed by atoms with van der Waals surface area (Å²) < 4.78 is 14.7. The molecule has 16 heavy (non-hydrogen) atoms. The van der Waals surface area contributed by atoms with Gasteiger partial charge in [-0.1, -0.05) is 12.2 Å². The molecule has 0 aliphatic rings. The van der Waals surface area contributed by atoms with Gasteiger partial charge in [0.1, 0.15) is 23.5 Å². The van der Waals surface area contributed by atoms with Gasteiger partial charge >= 0.3 is 0 Å². The molecule has 0 aliphatic carbocycles. The zero-order chi connectivity index (χ0) is 11.5. The molecule has 4 nitrogen and oxygen atoms in total. The normalized spacial score (nSPS) is 10.3. The Morgan fingerprint density at radius 1 is 1.50 bits per heavy atom. The quantitative estimate of drug-likeness (QED) is 0.811. The first-order valence-electron chi connectivity index (χ1n) is 4.57. The third-order valence-electron chi connectivity index (χ3n) is 2.13. The van der Waals surface area contributed by atoms with Crippen molar-refractivity contribution >= 4 is 17.2 Å². The fourth-order valence-corrected chi connectivity index (χ4v) is 1.62. The van der Waals surface area contributed by atoms with Gasteiger partial charge < -0.3 is 5.73 Å². The van der Waals surface area contributed by atoms with Crippen molar-refractivity contribution in [2.45, 2.75) is 6.54 Å². The van der Waals surface area contributed by atoms with Crippen LogP contribution in [-0.4, -0.2) is 19.8 Å². The molecule has 2 N–H and O–H groups in total. The Kier molecular flexibility index (Phi) is 2.91. The molecule has 82 valence electrons. The van der Waals surface area contributed by atoms with E-state index in [4.69, 9.17) is 18.0 Å². The number of thiocarbonyl (C=S) groups is 1. The van der Waals surface area contributed by atoms with E-state index in [1.807, 2.05) is 0 Å². The second-order valence-corrected chi connectivity index (χ2v) is 3.70. The summed E-state index contributed by atoms with van der Waals surface area (Å²) in [7, 11) is 0. The van der Waals surface area contributed by atoms with Gasteiger partial charge in [0, 0.05) is 5.56 Å². The van der Waals surface area contributed by atoms with Gasteiger partial charge in [-0.25, -0.2) is 14.1 Å². The second-order valence-electron chi connectivity index (χ2n) is 3.26. The van der Waals surface area contributed by atoms with Crippen molar-refractivity contribution < 1.29 is 4.39 Å². The van der Waals surface area contributed by atoms with E-state index < -0.39 is 0 Å². The van der Waals surface area contributed by atoms with Crippen LogP contribution in [0, 0.1) is 5.82 Å². The zero-order valence-electron chi connectivity index (χ0n) is 8.30. The first-order valence-corrected chi connectivity index (χ1v) is 4.98. The largest absolute Gasteiger partial charge is 0.389 e. The molecular formula is C10H9FN4S. The predicted octanol–water partition coefficient (Wildman–Crippen LogP) is 1.10. The van der Waals surface area contributed by atoms with Gasteiger partial charge in [-0.15, -0.1) is 0 Å². The molecule has 1 heterocycles. The van der Waals surface area contributed by atoms with Crippen molar-refractivity contribution in [2.24, 2.45) is 5.73 Å². The van der Waals surface area contributed by atoms with Crippen LogP contribution in [-0.2, 0) is 6.54 Å². The third-order valence-corrected chi connectivity index (χ3v) is 2.35. The van der Waals surface area contributed by atoms with Crippen molar-refractivity contribution in [1.29, 1.82) is 0 Å². The molecule has 0 radical (unpaired) electrons. The Balaban J connectivity index is 2.38. The molecule has 0 spiro atoms. The third kappa shape index (κ3) is 2.22. The Labute approximate surface area is 96.9 Å². The van der Waals surface area contributed by atoms with Crippen LogP contribution >= 0.6 is 12.2 Å². The Morgan fingerprint density at radius 2 is 2.31 bits per heavy atom. The average molecular weight is 236 g/mol. The van der Waals surface area contributed by atoms with Gasteiger partial charge in [-0.3, -0.25) is 0 Å². The van der Waals surface area contributed by atoms with Crippen molar-refractivity contribution in [3.05, 3.63) is 47.8 Å². The smallest absolute Gasteiger partial charge is 0.137 e. The van der Waals surface area contributed by atoms with Crippen LogP contribution in [0.25, 0.3) is 0 Å². The zero-order valence-corrected chi connectivity index (χ0v) is 9.12. The molecule has 1 aromatic carbocycles. The van der Waals surface area contributed by atoms with Crippen LogP contribution in [0.3, 0.4) is 0 Å². The lowest BCUT2D eigenvalue weighted by Gasteiger charge is -2.08. The number of halogens is 1. The van der Waals surface area contributed by atoms with Gasteiger partial charge in [0.15, 0.2) is 0 Å². The molecule has 0 unspecified atom stereocenters. The summed E-state index contributed by atoms with van der Waals surface area (Å²) in [6, 6.07) is 4.30. The highest BCUT2D eigenvalue weighted by Gasteiger charge is 2.07. The maximum atomic E-state index is 13.1. The van der Waals surface area contributed by atoms with E-state index in [0.717, 1.165) is 0 Å². The molecule has 1 aromatic heterocycles. The predicted molar refractivity (Wildman–Crippen MR) is 61.4 cm³/mol. The van der Waals surface area contributed by atoms with E-state index in [1.165, 1.54) is 18.5 Å². The minimum absolute atomic E-state index is 0.245. The monoisotopic (exact) mass is 236 g/mol. The minimum Gasteiger partial charge on any atom is -0.389 e. The van der Waals surface area contributed by atoms with Gasteiger partial charge in [0.2, 0.25) is 0 Å². The highest BCUT2D eigenvalue weighted by atomic mass is 32.1. The molecule has 2 rings (SSSR count). The van der Waals surface area contributed by atoms with Crippen LogP contribution in [0.15, 0.2) is 30.9 Å². The highest BCUT2D eigenvalue weighted by molar-refractivity contribution is 7.80. The lowest BCUT2D eigenvalue weighted by atomic mass is 10.1. The molecule has 0 saturated carbocycles. The number of aromatic nitrogens is 3.